The number of rotatable bonds is 9. The fourth-order valence-corrected chi connectivity index (χ4v) is 4.10. The lowest BCUT2D eigenvalue weighted by molar-refractivity contribution is -0.114. The highest BCUT2D eigenvalue weighted by molar-refractivity contribution is 7.99. The van der Waals surface area contributed by atoms with E-state index in [4.69, 9.17) is 4.74 Å². The summed E-state index contributed by atoms with van der Waals surface area (Å²) in [6.07, 6.45) is 3.39. The summed E-state index contributed by atoms with van der Waals surface area (Å²) in [5.74, 6) is 1.15. The highest BCUT2D eigenvalue weighted by Gasteiger charge is 2.17. The van der Waals surface area contributed by atoms with E-state index in [1.807, 2.05) is 47.9 Å². The molecule has 2 aromatic heterocycles. The maximum atomic E-state index is 12.7. The Morgan fingerprint density at radius 2 is 1.69 bits per heavy atom. The Labute approximate surface area is 206 Å². The van der Waals surface area contributed by atoms with E-state index >= 15 is 0 Å². The second-order valence-corrected chi connectivity index (χ2v) is 8.35. The van der Waals surface area contributed by atoms with Crippen molar-refractivity contribution < 1.29 is 14.3 Å². The summed E-state index contributed by atoms with van der Waals surface area (Å²) in [6.45, 7) is 3.95. The molecule has 0 radical (unpaired) electrons. The van der Waals surface area contributed by atoms with Crippen LogP contribution in [0.2, 0.25) is 0 Å². The van der Waals surface area contributed by atoms with Crippen molar-refractivity contribution in [2.45, 2.75) is 19.0 Å². The van der Waals surface area contributed by atoms with Gasteiger partial charge in [0, 0.05) is 41.9 Å². The van der Waals surface area contributed by atoms with Crippen LogP contribution in [0, 0.1) is 0 Å². The monoisotopic (exact) mass is 488 g/mol. The van der Waals surface area contributed by atoms with E-state index in [0.717, 1.165) is 17.0 Å². The minimum Gasteiger partial charge on any atom is -0.494 e. The molecule has 178 valence electrons. The summed E-state index contributed by atoms with van der Waals surface area (Å²) < 4.78 is 7.46. The van der Waals surface area contributed by atoms with Crippen LogP contribution in [0.25, 0.3) is 17.1 Å². The van der Waals surface area contributed by atoms with Crippen molar-refractivity contribution in [1.29, 1.82) is 0 Å². The number of benzene rings is 2. The van der Waals surface area contributed by atoms with Crippen LogP contribution in [-0.2, 0) is 9.59 Å². The van der Waals surface area contributed by atoms with Crippen molar-refractivity contribution in [2.24, 2.45) is 0 Å². The van der Waals surface area contributed by atoms with Gasteiger partial charge in [-0.3, -0.25) is 19.1 Å². The smallest absolute Gasteiger partial charge is 0.234 e. The van der Waals surface area contributed by atoms with E-state index in [1.165, 1.54) is 18.7 Å². The molecule has 0 unspecified atom stereocenters. The van der Waals surface area contributed by atoms with Crippen LogP contribution in [0.5, 0.6) is 5.75 Å². The third kappa shape index (κ3) is 6.24. The van der Waals surface area contributed by atoms with Crippen molar-refractivity contribution in [3.63, 3.8) is 0 Å². The number of hydrogen-bond acceptors (Lipinski definition) is 7. The van der Waals surface area contributed by atoms with Crippen molar-refractivity contribution in [2.75, 3.05) is 23.0 Å². The lowest BCUT2D eigenvalue weighted by atomic mass is 10.2. The normalized spacial score (nSPS) is 10.6. The molecule has 4 rings (SSSR count). The number of thioether (sulfide) groups is 1. The SMILES string of the molecule is CCOc1ccc(-n2c(SCC(=O)Nc3cccc(NC(C)=O)c3)nnc2-c2ccncc2)cc1. The van der Waals surface area contributed by atoms with Crippen LogP contribution < -0.4 is 15.4 Å². The van der Waals surface area contributed by atoms with E-state index in [-0.39, 0.29) is 17.6 Å². The van der Waals surface area contributed by atoms with Gasteiger partial charge in [0.1, 0.15) is 5.75 Å². The molecule has 2 N–H and O–H groups in total. The number of carbonyl (C=O) groups is 2. The highest BCUT2D eigenvalue weighted by atomic mass is 32.2. The zero-order valence-electron chi connectivity index (χ0n) is 19.3. The molecule has 10 heteroatoms. The molecule has 0 spiro atoms. The van der Waals surface area contributed by atoms with Crippen LogP contribution in [0.1, 0.15) is 13.8 Å². The highest BCUT2D eigenvalue weighted by Crippen LogP contribution is 2.29. The van der Waals surface area contributed by atoms with E-state index in [0.29, 0.717) is 29.0 Å². The van der Waals surface area contributed by atoms with Gasteiger partial charge in [0.15, 0.2) is 11.0 Å². The number of anilines is 2. The average Bonchev–Trinajstić information content (AvgIpc) is 3.28. The Morgan fingerprint density at radius 1 is 0.971 bits per heavy atom. The number of amides is 2. The van der Waals surface area contributed by atoms with Crippen molar-refractivity contribution in [3.8, 4) is 22.8 Å². The number of nitrogens with one attached hydrogen (secondary N) is 2. The zero-order chi connectivity index (χ0) is 24.6. The first-order chi connectivity index (χ1) is 17.0. The van der Waals surface area contributed by atoms with Gasteiger partial charge in [0.25, 0.3) is 0 Å². The topological polar surface area (TPSA) is 111 Å². The summed E-state index contributed by atoms with van der Waals surface area (Å²) in [5.41, 5.74) is 2.90. The lowest BCUT2D eigenvalue weighted by Gasteiger charge is -2.12. The van der Waals surface area contributed by atoms with Gasteiger partial charge >= 0.3 is 0 Å². The van der Waals surface area contributed by atoms with Gasteiger partial charge in [0.05, 0.1) is 12.4 Å². The molecular formula is C25H24N6O3S. The Balaban J connectivity index is 1.54. The average molecular weight is 489 g/mol. The second kappa shape index (κ2) is 11.3. The van der Waals surface area contributed by atoms with Crippen LogP contribution in [-0.4, -0.2) is 43.9 Å². The summed E-state index contributed by atoms with van der Waals surface area (Å²) in [4.78, 5) is 28.0. The first-order valence-corrected chi connectivity index (χ1v) is 11.9. The van der Waals surface area contributed by atoms with Crippen LogP contribution >= 0.6 is 11.8 Å². The van der Waals surface area contributed by atoms with Gasteiger partial charge in [0.2, 0.25) is 11.8 Å². The van der Waals surface area contributed by atoms with Gasteiger partial charge in [-0.25, -0.2) is 0 Å². The zero-order valence-corrected chi connectivity index (χ0v) is 20.1. The van der Waals surface area contributed by atoms with Crippen molar-refractivity contribution in [1.82, 2.24) is 19.7 Å². The fourth-order valence-electron chi connectivity index (χ4n) is 3.35. The second-order valence-electron chi connectivity index (χ2n) is 7.40. The molecule has 2 heterocycles. The molecule has 0 saturated heterocycles. The summed E-state index contributed by atoms with van der Waals surface area (Å²) >= 11 is 1.27. The standard InChI is InChI=1S/C25H24N6O3S/c1-3-34-22-9-7-21(8-10-22)31-24(18-11-13-26-14-12-18)29-30-25(31)35-16-23(33)28-20-6-4-5-19(15-20)27-17(2)32/h4-15H,3,16H2,1-2H3,(H,27,32)(H,28,33). The quantitative estimate of drug-likeness (QED) is 0.336. The largest absolute Gasteiger partial charge is 0.494 e. The fraction of sp³-hybridized carbons (Fsp3) is 0.160. The van der Waals surface area contributed by atoms with Crippen molar-refractivity contribution >= 4 is 35.0 Å². The first-order valence-electron chi connectivity index (χ1n) is 10.9. The van der Waals surface area contributed by atoms with Crippen LogP contribution in [0.15, 0.2) is 78.2 Å². The molecule has 0 fully saturated rings. The molecule has 0 saturated carbocycles. The Hall–Kier alpha value is -4.18. The molecule has 2 aromatic carbocycles. The molecular weight excluding hydrogens is 464 g/mol. The number of pyridine rings is 1. The summed E-state index contributed by atoms with van der Waals surface area (Å²) in [6, 6.07) is 18.3. The van der Waals surface area contributed by atoms with Gasteiger partial charge in [-0.2, -0.15) is 0 Å². The number of carbonyl (C=O) groups excluding carboxylic acids is 2. The van der Waals surface area contributed by atoms with Crippen molar-refractivity contribution in [3.05, 3.63) is 73.1 Å². The van der Waals surface area contributed by atoms with Crippen LogP contribution in [0.3, 0.4) is 0 Å². The molecule has 9 nitrogen and oxygen atoms in total. The third-order valence-electron chi connectivity index (χ3n) is 4.78. The number of ether oxygens (including phenoxy) is 1. The molecule has 0 atom stereocenters. The van der Waals surface area contributed by atoms with Gasteiger partial charge in [-0.15, -0.1) is 10.2 Å². The van der Waals surface area contributed by atoms with Gasteiger partial charge in [-0.1, -0.05) is 17.8 Å². The van der Waals surface area contributed by atoms with E-state index in [2.05, 4.69) is 25.8 Å². The molecule has 0 bridgehead atoms. The maximum absolute atomic E-state index is 12.7. The van der Waals surface area contributed by atoms with E-state index in [9.17, 15) is 9.59 Å². The molecule has 0 aliphatic heterocycles. The molecule has 2 amide bonds. The Morgan fingerprint density at radius 3 is 2.37 bits per heavy atom. The predicted molar refractivity (Wildman–Crippen MR) is 136 cm³/mol. The third-order valence-corrected chi connectivity index (χ3v) is 5.71. The van der Waals surface area contributed by atoms with E-state index < -0.39 is 0 Å². The lowest BCUT2D eigenvalue weighted by Crippen LogP contribution is -2.15. The van der Waals surface area contributed by atoms with E-state index in [1.54, 1.807) is 36.7 Å². The molecule has 4 aromatic rings. The van der Waals surface area contributed by atoms with Crippen LogP contribution in [0.4, 0.5) is 11.4 Å². The maximum Gasteiger partial charge on any atom is 0.234 e. The summed E-state index contributed by atoms with van der Waals surface area (Å²) in [5, 5.41) is 14.9. The predicted octanol–water partition coefficient (Wildman–Crippen LogP) is 4.42. The molecule has 0 aliphatic rings. The first kappa shape index (κ1) is 24.0. The Kier molecular flexibility index (Phi) is 7.74. The van der Waals surface area contributed by atoms with Gasteiger partial charge in [-0.05, 0) is 61.5 Å². The molecule has 0 aliphatic carbocycles. The number of nitrogens with zero attached hydrogens (tertiary/aromatic N) is 4. The summed E-state index contributed by atoms with van der Waals surface area (Å²) in [7, 11) is 0. The van der Waals surface area contributed by atoms with Gasteiger partial charge < -0.3 is 15.4 Å². The minimum atomic E-state index is -0.207. The molecule has 35 heavy (non-hydrogen) atoms. The Bertz CT molecular complexity index is 1310. The number of hydrogen-bond donors (Lipinski definition) is 2. The minimum absolute atomic E-state index is 0.121. The number of aromatic nitrogens is 4.